The van der Waals surface area contributed by atoms with Gasteiger partial charge < -0.3 is 4.74 Å². The highest BCUT2D eigenvalue weighted by atomic mass is 16.5. The molecular weight excluding hydrogens is 206 g/mol. The summed E-state index contributed by atoms with van der Waals surface area (Å²) in [5.41, 5.74) is 0.702. The number of carbonyl (C=O) groups excluding carboxylic acids is 2. The third-order valence-corrected chi connectivity index (χ3v) is 2.02. The summed E-state index contributed by atoms with van der Waals surface area (Å²) < 4.78 is 4.59. The van der Waals surface area contributed by atoms with E-state index in [0.29, 0.717) is 5.56 Å². The van der Waals surface area contributed by atoms with E-state index in [1.165, 1.54) is 0 Å². The van der Waals surface area contributed by atoms with E-state index in [4.69, 9.17) is 5.41 Å². The quantitative estimate of drug-likeness (QED) is 0.363. The van der Waals surface area contributed by atoms with Gasteiger partial charge in [-0.2, -0.15) is 0 Å². The Kier molecular flexibility index (Phi) is 3.94. The molecule has 0 unspecified atom stereocenters. The van der Waals surface area contributed by atoms with Crippen molar-refractivity contribution < 1.29 is 14.3 Å². The van der Waals surface area contributed by atoms with Crippen LogP contribution in [-0.2, 0) is 9.53 Å². The number of nitrogens with one attached hydrogen (secondary N) is 1. The number of esters is 1. The minimum absolute atomic E-state index is 0.155. The summed E-state index contributed by atoms with van der Waals surface area (Å²) in [6, 6.07) is 6.69. The number of hydrogen-bond donors (Lipinski definition) is 1. The van der Waals surface area contributed by atoms with Gasteiger partial charge >= 0.3 is 5.97 Å². The number of Topliss-reactive ketones (excluding diaryl/α,β-unsaturated/α-hetero) is 1. The van der Waals surface area contributed by atoms with E-state index < -0.39 is 17.5 Å². The molecule has 0 aliphatic rings. The lowest BCUT2D eigenvalue weighted by Crippen LogP contribution is -2.25. The van der Waals surface area contributed by atoms with Crippen molar-refractivity contribution >= 4 is 17.5 Å². The Morgan fingerprint density at radius 3 is 2.31 bits per heavy atom. The van der Waals surface area contributed by atoms with Gasteiger partial charge in [-0.15, -0.1) is 0 Å². The lowest BCUT2D eigenvalue weighted by atomic mass is 10.1. The second-order valence-corrected chi connectivity index (χ2v) is 3.29. The summed E-state index contributed by atoms with van der Waals surface area (Å²) in [7, 11) is 0. The molecule has 0 fully saturated rings. The van der Waals surface area contributed by atoms with E-state index in [-0.39, 0.29) is 6.61 Å². The number of benzene rings is 1. The predicted octanol–water partition coefficient (Wildman–Crippen LogP) is 1.76. The van der Waals surface area contributed by atoms with Crippen LogP contribution in [0.25, 0.3) is 0 Å². The number of ketones is 1. The van der Waals surface area contributed by atoms with Gasteiger partial charge in [-0.05, 0) is 13.8 Å². The Labute approximate surface area is 93.7 Å². The van der Waals surface area contributed by atoms with Gasteiger partial charge in [0.05, 0.1) is 6.61 Å². The highest BCUT2D eigenvalue weighted by Gasteiger charge is 2.20. The van der Waals surface area contributed by atoms with Gasteiger partial charge in [-0.1, -0.05) is 29.8 Å². The molecule has 1 aromatic carbocycles. The van der Waals surface area contributed by atoms with E-state index in [1.54, 1.807) is 31.2 Å². The van der Waals surface area contributed by atoms with E-state index in [0.717, 1.165) is 5.56 Å². The maximum Gasteiger partial charge on any atom is 0.360 e. The van der Waals surface area contributed by atoms with Crippen molar-refractivity contribution in [2.24, 2.45) is 0 Å². The molecule has 1 N–H and O–H groups in total. The fourth-order valence-electron chi connectivity index (χ4n) is 1.15. The highest BCUT2D eigenvalue weighted by Crippen LogP contribution is 2.05. The SMILES string of the molecule is CCOC(=O)C(=N)C(=O)c1ccc(C)cc1. The smallest absolute Gasteiger partial charge is 0.360 e. The molecule has 0 atom stereocenters. The van der Waals surface area contributed by atoms with Crippen LogP contribution in [0.4, 0.5) is 0 Å². The van der Waals surface area contributed by atoms with Crippen LogP contribution >= 0.6 is 0 Å². The summed E-state index contributed by atoms with van der Waals surface area (Å²) in [6.07, 6.45) is 0. The third-order valence-electron chi connectivity index (χ3n) is 2.02. The van der Waals surface area contributed by atoms with E-state index in [1.807, 2.05) is 6.92 Å². The van der Waals surface area contributed by atoms with Crippen molar-refractivity contribution in [2.45, 2.75) is 13.8 Å². The van der Waals surface area contributed by atoms with Crippen molar-refractivity contribution in [1.29, 1.82) is 5.41 Å². The molecule has 84 valence electrons. The van der Waals surface area contributed by atoms with Crippen LogP contribution in [0.3, 0.4) is 0 Å². The van der Waals surface area contributed by atoms with Crippen molar-refractivity contribution in [3.63, 3.8) is 0 Å². The first-order chi connectivity index (χ1) is 7.56. The van der Waals surface area contributed by atoms with Gasteiger partial charge in [0, 0.05) is 5.56 Å². The van der Waals surface area contributed by atoms with E-state index in [9.17, 15) is 9.59 Å². The Balaban J connectivity index is 2.82. The lowest BCUT2D eigenvalue weighted by molar-refractivity contribution is -0.134. The molecule has 0 spiro atoms. The van der Waals surface area contributed by atoms with Gasteiger partial charge in [0.25, 0.3) is 0 Å². The molecule has 0 bridgehead atoms. The van der Waals surface area contributed by atoms with Gasteiger partial charge in [-0.25, -0.2) is 4.79 Å². The Hall–Kier alpha value is -1.97. The van der Waals surface area contributed by atoms with Gasteiger partial charge in [0.15, 0.2) is 5.71 Å². The fourth-order valence-corrected chi connectivity index (χ4v) is 1.15. The van der Waals surface area contributed by atoms with Crippen LogP contribution in [0.1, 0.15) is 22.8 Å². The predicted molar refractivity (Wildman–Crippen MR) is 59.9 cm³/mol. The molecule has 0 saturated carbocycles. The second-order valence-electron chi connectivity index (χ2n) is 3.29. The number of hydrogen-bond acceptors (Lipinski definition) is 4. The average molecular weight is 219 g/mol. The number of carbonyl (C=O) groups is 2. The average Bonchev–Trinajstić information content (AvgIpc) is 2.28. The normalized spacial score (nSPS) is 9.62. The van der Waals surface area contributed by atoms with Gasteiger partial charge in [-0.3, -0.25) is 10.2 Å². The zero-order valence-electron chi connectivity index (χ0n) is 9.24. The zero-order chi connectivity index (χ0) is 12.1. The molecule has 0 saturated heterocycles. The van der Waals surface area contributed by atoms with Crippen LogP contribution in [0.5, 0.6) is 0 Å². The first-order valence-corrected chi connectivity index (χ1v) is 4.93. The molecule has 0 radical (unpaired) electrons. The largest absolute Gasteiger partial charge is 0.461 e. The van der Waals surface area contributed by atoms with Crippen LogP contribution in [-0.4, -0.2) is 24.1 Å². The molecule has 16 heavy (non-hydrogen) atoms. The molecule has 4 nitrogen and oxygen atoms in total. The summed E-state index contributed by atoms with van der Waals surface area (Å²) in [6.45, 7) is 3.68. The van der Waals surface area contributed by atoms with Gasteiger partial charge in [0.2, 0.25) is 5.78 Å². The number of ether oxygens (including phenoxy) is 1. The molecule has 0 aliphatic carbocycles. The van der Waals surface area contributed by atoms with Crippen LogP contribution in [0.2, 0.25) is 0 Å². The van der Waals surface area contributed by atoms with E-state index >= 15 is 0 Å². The summed E-state index contributed by atoms with van der Waals surface area (Å²) >= 11 is 0. The fraction of sp³-hybridized carbons (Fsp3) is 0.250. The molecule has 0 aliphatic heterocycles. The van der Waals surface area contributed by atoms with Crippen molar-refractivity contribution in [3.8, 4) is 0 Å². The van der Waals surface area contributed by atoms with Crippen molar-refractivity contribution in [2.75, 3.05) is 6.61 Å². The maximum atomic E-state index is 11.6. The maximum absolute atomic E-state index is 11.6. The molecule has 0 aromatic heterocycles. The Bertz CT molecular complexity index is 420. The first kappa shape index (κ1) is 12.1. The molecule has 1 rings (SSSR count). The molecule has 4 heteroatoms. The third kappa shape index (κ3) is 2.76. The number of aryl methyl sites for hydroxylation is 1. The Morgan fingerprint density at radius 1 is 1.25 bits per heavy atom. The van der Waals surface area contributed by atoms with Crippen LogP contribution in [0, 0.1) is 12.3 Å². The lowest BCUT2D eigenvalue weighted by Gasteiger charge is -2.03. The first-order valence-electron chi connectivity index (χ1n) is 4.93. The molecule has 0 heterocycles. The highest BCUT2D eigenvalue weighted by molar-refractivity contribution is 6.66. The number of rotatable bonds is 4. The Morgan fingerprint density at radius 2 is 1.81 bits per heavy atom. The van der Waals surface area contributed by atoms with Gasteiger partial charge in [0.1, 0.15) is 0 Å². The van der Waals surface area contributed by atoms with Crippen LogP contribution < -0.4 is 0 Å². The minimum Gasteiger partial charge on any atom is -0.461 e. The summed E-state index contributed by atoms with van der Waals surface area (Å²) in [5.74, 6) is -1.49. The minimum atomic E-state index is -0.881. The van der Waals surface area contributed by atoms with Crippen molar-refractivity contribution in [1.82, 2.24) is 0 Å². The summed E-state index contributed by atoms with van der Waals surface area (Å²) in [5, 5.41) is 7.37. The topological polar surface area (TPSA) is 67.2 Å². The van der Waals surface area contributed by atoms with Crippen molar-refractivity contribution in [3.05, 3.63) is 35.4 Å². The molecule has 0 amide bonds. The molecule has 1 aromatic rings. The second kappa shape index (κ2) is 5.21. The zero-order valence-corrected chi connectivity index (χ0v) is 9.24. The van der Waals surface area contributed by atoms with Crippen LogP contribution in [0.15, 0.2) is 24.3 Å². The summed E-state index contributed by atoms with van der Waals surface area (Å²) in [4.78, 5) is 22.8. The van der Waals surface area contributed by atoms with E-state index in [2.05, 4.69) is 4.74 Å². The monoisotopic (exact) mass is 219 g/mol. The molecular formula is C12H13NO3. The standard InChI is InChI=1S/C12H13NO3/c1-3-16-12(15)10(13)11(14)9-6-4-8(2)5-7-9/h4-7,13H,3H2,1-2H3.